The van der Waals surface area contributed by atoms with Crippen LogP contribution in [0.1, 0.15) is 16.7 Å². The Labute approximate surface area is 202 Å². The summed E-state index contributed by atoms with van der Waals surface area (Å²) >= 11 is 0. The molecule has 0 amide bonds. The van der Waals surface area contributed by atoms with E-state index in [0.717, 1.165) is 33.8 Å². The van der Waals surface area contributed by atoms with Crippen LogP contribution in [0, 0.1) is 37.0 Å². The van der Waals surface area contributed by atoms with Gasteiger partial charge < -0.3 is 19.1 Å². The molecule has 3 aromatic rings. The third kappa shape index (κ3) is 7.28. The molecule has 0 radical (unpaired) electrons. The zero-order chi connectivity index (χ0) is 24.0. The predicted octanol–water partition coefficient (Wildman–Crippen LogP) is 5.61. The Bertz CT molecular complexity index is 994. The van der Waals surface area contributed by atoms with Gasteiger partial charge in [0.15, 0.2) is 0 Å². The smallest absolute Gasteiger partial charge is 0.107 e. The molecule has 0 aliphatic heterocycles. The first-order valence-electron chi connectivity index (χ1n) is 10.9. The molecule has 0 saturated heterocycles. The van der Waals surface area contributed by atoms with Crippen molar-refractivity contribution < 1.29 is 14.2 Å². The van der Waals surface area contributed by atoms with E-state index in [4.69, 9.17) is 33.5 Å². The normalized spacial score (nSPS) is 10.1. The van der Waals surface area contributed by atoms with Crippen LogP contribution in [0.4, 0.5) is 17.1 Å². The molecule has 0 atom stereocenters. The molecule has 0 heterocycles. The van der Waals surface area contributed by atoms with Gasteiger partial charge in [-0.1, -0.05) is 54.2 Å². The molecule has 0 unspecified atom stereocenters. The van der Waals surface area contributed by atoms with E-state index in [2.05, 4.69) is 59.1 Å². The summed E-state index contributed by atoms with van der Waals surface area (Å²) in [5.74, 6) is 7.45. The maximum absolute atomic E-state index is 5.45. The molecule has 4 heteroatoms. The van der Waals surface area contributed by atoms with Crippen LogP contribution in [0.15, 0.2) is 72.8 Å². The quantitative estimate of drug-likeness (QED) is 0.266. The van der Waals surface area contributed by atoms with Crippen LogP contribution in [0.25, 0.3) is 0 Å². The second-order valence-electron chi connectivity index (χ2n) is 7.43. The molecule has 0 spiro atoms. The van der Waals surface area contributed by atoms with E-state index in [0.29, 0.717) is 39.6 Å². The van der Waals surface area contributed by atoms with Gasteiger partial charge in [-0.25, -0.2) is 0 Å². The van der Waals surface area contributed by atoms with E-state index < -0.39 is 0 Å². The molecule has 0 aliphatic carbocycles. The molecule has 0 N–H and O–H groups in total. The van der Waals surface area contributed by atoms with Crippen molar-refractivity contribution in [1.82, 2.24) is 0 Å². The minimum atomic E-state index is 0.294. The van der Waals surface area contributed by atoms with Gasteiger partial charge in [0.1, 0.15) is 19.8 Å². The Kier molecular flexibility index (Phi) is 9.82. The highest BCUT2D eigenvalue weighted by atomic mass is 16.5. The van der Waals surface area contributed by atoms with Gasteiger partial charge in [-0.2, -0.15) is 0 Å². The molecule has 4 nitrogen and oxygen atoms in total. The molecular weight excluding hydrogens is 422 g/mol. The second kappa shape index (κ2) is 13.5. The molecule has 3 aromatic carbocycles. The van der Waals surface area contributed by atoms with Crippen LogP contribution in [-0.4, -0.2) is 19.8 Å². The Morgan fingerprint density at radius 2 is 0.735 bits per heavy atom. The van der Waals surface area contributed by atoms with Crippen LogP contribution in [0.3, 0.4) is 0 Å². The minimum Gasteiger partial charge on any atom is -0.364 e. The Morgan fingerprint density at radius 3 is 0.971 bits per heavy atom. The topological polar surface area (TPSA) is 30.9 Å². The number of terminal acetylenes is 3. The van der Waals surface area contributed by atoms with Crippen molar-refractivity contribution in [1.29, 1.82) is 0 Å². The fourth-order valence-electron chi connectivity index (χ4n) is 3.35. The first-order valence-corrected chi connectivity index (χ1v) is 10.9. The highest BCUT2D eigenvalue weighted by Gasteiger charge is 2.13. The average molecular weight is 450 g/mol. The van der Waals surface area contributed by atoms with Crippen LogP contribution in [-0.2, 0) is 34.0 Å². The van der Waals surface area contributed by atoms with Crippen LogP contribution in [0.5, 0.6) is 0 Å². The van der Waals surface area contributed by atoms with Crippen molar-refractivity contribution >= 4 is 17.1 Å². The minimum absolute atomic E-state index is 0.294. The van der Waals surface area contributed by atoms with E-state index >= 15 is 0 Å². The molecule has 0 aromatic heterocycles. The molecular formula is C30H27NO3. The Balaban J connectivity index is 1.85. The maximum atomic E-state index is 5.45. The number of benzene rings is 3. The Morgan fingerprint density at radius 1 is 0.471 bits per heavy atom. The van der Waals surface area contributed by atoms with Crippen molar-refractivity contribution in [2.75, 3.05) is 24.7 Å². The van der Waals surface area contributed by atoms with Crippen LogP contribution < -0.4 is 4.90 Å². The second-order valence-corrected chi connectivity index (χ2v) is 7.43. The number of anilines is 3. The van der Waals surface area contributed by atoms with Crippen LogP contribution in [0.2, 0.25) is 0 Å². The van der Waals surface area contributed by atoms with Gasteiger partial charge in [0.25, 0.3) is 0 Å². The van der Waals surface area contributed by atoms with Gasteiger partial charge in [0.05, 0.1) is 19.8 Å². The van der Waals surface area contributed by atoms with Crippen molar-refractivity contribution in [3.8, 4) is 37.0 Å². The first-order chi connectivity index (χ1) is 16.7. The van der Waals surface area contributed by atoms with E-state index in [-0.39, 0.29) is 0 Å². The van der Waals surface area contributed by atoms with Gasteiger partial charge in [0.2, 0.25) is 0 Å². The zero-order valence-electron chi connectivity index (χ0n) is 19.1. The van der Waals surface area contributed by atoms with Gasteiger partial charge in [-0.3, -0.25) is 0 Å². The van der Waals surface area contributed by atoms with E-state index in [1.165, 1.54) is 0 Å². The van der Waals surface area contributed by atoms with Crippen molar-refractivity contribution in [2.24, 2.45) is 0 Å². The SMILES string of the molecule is C#CCOCc1ccc(N(c2ccc(COCC#C)cc2)c2ccc(COCC#C)cc2)cc1. The molecule has 0 fully saturated rings. The van der Waals surface area contributed by atoms with Crippen molar-refractivity contribution in [3.05, 3.63) is 89.5 Å². The summed E-state index contributed by atoms with van der Waals surface area (Å²) in [5, 5.41) is 0. The lowest BCUT2D eigenvalue weighted by Crippen LogP contribution is -2.10. The average Bonchev–Trinajstić information content (AvgIpc) is 2.87. The third-order valence-corrected chi connectivity index (χ3v) is 4.95. The molecule has 3 rings (SSSR count). The maximum Gasteiger partial charge on any atom is 0.107 e. The fourth-order valence-corrected chi connectivity index (χ4v) is 3.35. The lowest BCUT2D eigenvalue weighted by Gasteiger charge is -2.26. The highest BCUT2D eigenvalue weighted by molar-refractivity contribution is 5.76. The lowest BCUT2D eigenvalue weighted by molar-refractivity contribution is 0.153. The number of nitrogens with zero attached hydrogens (tertiary/aromatic N) is 1. The number of hydrogen-bond donors (Lipinski definition) is 0. The van der Waals surface area contributed by atoms with Gasteiger partial charge >= 0.3 is 0 Å². The van der Waals surface area contributed by atoms with Crippen molar-refractivity contribution in [2.45, 2.75) is 19.8 Å². The monoisotopic (exact) mass is 449 g/mol. The Hall–Kier alpha value is -3.98. The summed E-state index contributed by atoms with van der Waals surface area (Å²) in [5.41, 5.74) is 6.23. The standard InChI is InChI=1S/C30H27NO3/c1-4-19-32-22-25-7-13-28(14-8-25)31(29-15-9-26(10-16-29)23-33-20-5-2)30-17-11-27(12-18-30)24-34-21-6-3/h1-3,7-18H,19-24H2. The number of ether oxygens (including phenoxy) is 3. The summed E-state index contributed by atoms with van der Waals surface area (Å²) in [6.45, 7) is 2.31. The van der Waals surface area contributed by atoms with E-state index in [9.17, 15) is 0 Å². The molecule has 0 aliphatic rings. The van der Waals surface area contributed by atoms with E-state index in [1.807, 2.05) is 36.4 Å². The molecule has 34 heavy (non-hydrogen) atoms. The first kappa shape index (κ1) is 24.7. The zero-order valence-corrected chi connectivity index (χ0v) is 19.1. The van der Waals surface area contributed by atoms with Gasteiger partial charge in [-0.15, -0.1) is 19.3 Å². The molecule has 0 saturated carbocycles. The van der Waals surface area contributed by atoms with Crippen molar-refractivity contribution in [3.63, 3.8) is 0 Å². The highest BCUT2D eigenvalue weighted by Crippen LogP contribution is 2.35. The summed E-state index contributed by atoms with van der Waals surface area (Å²) in [6, 6.07) is 24.7. The predicted molar refractivity (Wildman–Crippen MR) is 137 cm³/mol. The van der Waals surface area contributed by atoms with E-state index in [1.54, 1.807) is 0 Å². The number of rotatable bonds is 12. The summed E-state index contributed by atoms with van der Waals surface area (Å²) < 4.78 is 16.3. The third-order valence-electron chi connectivity index (χ3n) is 4.95. The van der Waals surface area contributed by atoms with Crippen LogP contribution >= 0.6 is 0 Å². The largest absolute Gasteiger partial charge is 0.364 e. The molecule has 170 valence electrons. The summed E-state index contributed by atoms with van der Waals surface area (Å²) in [4.78, 5) is 2.18. The summed E-state index contributed by atoms with van der Waals surface area (Å²) in [7, 11) is 0. The lowest BCUT2D eigenvalue weighted by atomic mass is 10.1. The number of hydrogen-bond acceptors (Lipinski definition) is 4. The summed E-state index contributed by atoms with van der Waals surface area (Å²) in [6.07, 6.45) is 15.8. The fraction of sp³-hybridized carbons (Fsp3) is 0.200. The van der Waals surface area contributed by atoms with Gasteiger partial charge in [0, 0.05) is 17.1 Å². The van der Waals surface area contributed by atoms with Gasteiger partial charge in [-0.05, 0) is 53.1 Å². The molecule has 0 bridgehead atoms.